The quantitative estimate of drug-likeness (QED) is 0.716. The van der Waals surface area contributed by atoms with Crippen LogP contribution < -0.4 is 10.6 Å². The van der Waals surface area contributed by atoms with Crippen LogP contribution in [-0.2, 0) is 4.79 Å². The van der Waals surface area contributed by atoms with Crippen molar-refractivity contribution in [3.05, 3.63) is 35.5 Å². The van der Waals surface area contributed by atoms with Crippen molar-refractivity contribution in [2.45, 2.75) is 19.8 Å². The lowest BCUT2D eigenvalue weighted by molar-refractivity contribution is -0.898. The zero-order valence-corrected chi connectivity index (χ0v) is 12.8. The molecule has 5 heteroatoms. The number of aryl methyl sites for hydroxylation is 1. The van der Waals surface area contributed by atoms with Gasteiger partial charge in [0.05, 0.1) is 24.6 Å². The number of fused-ring (bicyclic) bond motifs is 1. The van der Waals surface area contributed by atoms with E-state index in [0.717, 1.165) is 46.4 Å². The van der Waals surface area contributed by atoms with Gasteiger partial charge in [-0.1, -0.05) is 18.2 Å². The van der Waals surface area contributed by atoms with Crippen LogP contribution in [0.1, 0.15) is 28.9 Å². The number of carbonyl (C=O) groups excluding carboxylic acids is 2. The van der Waals surface area contributed by atoms with Crippen molar-refractivity contribution in [1.29, 1.82) is 0 Å². The molecule has 0 radical (unpaired) electrons. The van der Waals surface area contributed by atoms with Crippen molar-refractivity contribution >= 4 is 22.6 Å². The standard InChI is InChI=1S/C17H21N3O2/c1-11-16(13-6-2-3-7-14(13)19-11)15(21)10-20-8-4-5-12(9-20)17(18)22/h2-3,6-7,12,19H,4-5,8-10H2,1H3,(H2,18,22)/p+1/t12-/m1/s1. The molecule has 0 saturated carbocycles. The number of amides is 1. The van der Waals surface area contributed by atoms with Crippen LogP contribution >= 0.6 is 0 Å². The molecule has 22 heavy (non-hydrogen) atoms. The largest absolute Gasteiger partial charge is 0.369 e. The van der Waals surface area contributed by atoms with Gasteiger partial charge in [-0.05, 0) is 25.8 Å². The number of likely N-dealkylation sites (tertiary alicyclic amines) is 1. The van der Waals surface area contributed by atoms with Crippen LogP contribution in [0.15, 0.2) is 24.3 Å². The van der Waals surface area contributed by atoms with Gasteiger partial charge in [-0.2, -0.15) is 0 Å². The normalized spacial score (nSPS) is 21.9. The Kier molecular flexibility index (Phi) is 3.98. The molecule has 1 aliphatic rings. The summed E-state index contributed by atoms with van der Waals surface area (Å²) in [6.45, 7) is 3.96. The average Bonchev–Trinajstić information content (AvgIpc) is 2.83. The molecule has 1 aromatic carbocycles. The van der Waals surface area contributed by atoms with Gasteiger partial charge >= 0.3 is 0 Å². The third-order valence-corrected chi connectivity index (χ3v) is 4.60. The van der Waals surface area contributed by atoms with Crippen molar-refractivity contribution in [2.75, 3.05) is 19.6 Å². The summed E-state index contributed by atoms with van der Waals surface area (Å²) in [7, 11) is 0. The maximum absolute atomic E-state index is 12.7. The van der Waals surface area contributed by atoms with Gasteiger partial charge in [-0.3, -0.25) is 9.59 Å². The highest BCUT2D eigenvalue weighted by atomic mass is 16.1. The summed E-state index contributed by atoms with van der Waals surface area (Å²) < 4.78 is 0. The Morgan fingerprint density at radius 3 is 2.91 bits per heavy atom. The van der Waals surface area contributed by atoms with Crippen molar-refractivity contribution in [1.82, 2.24) is 4.98 Å². The first-order chi connectivity index (χ1) is 10.6. The van der Waals surface area contributed by atoms with E-state index in [0.29, 0.717) is 13.1 Å². The molecule has 5 nitrogen and oxygen atoms in total. The number of Topliss-reactive ketones (excluding diaryl/α,β-unsaturated/α-hetero) is 1. The van der Waals surface area contributed by atoms with Gasteiger partial charge in [-0.25, -0.2) is 0 Å². The smallest absolute Gasteiger partial charge is 0.226 e. The second-order valence-electron chi connectivity index (χ2n) is 6.22. The number of benzene rings is 1. The Hall–Kier alpha value is -2.14. The minimum absolute atomic E-state index is 0.0967. The molecular weight excluding hydrogens is 278 g/mol. The first-order valence-electron chi connectivity index (χ1n) is 7.79. The Morgan fingerprint density at radius 2 is 2.14 bits per heavy atom. The third kappa shape index (κ3) is 2.76. The number of H-pyrrole nitrogens is 1. The molecule has 3 rings (SSSR count). The number of nitrogens with one attached hydrogen (secondary N) is 2. The molecule has 1 aliphatic heterocycles. The van der Waals surface area contributed by atoms with E-state index >= 15 is 0 Å². The van der Waals surface area contributed by atoms with Crippen molar-refractivity contribution < 1.29 is 14.5 Å². The second kappa shape index (κ2) is 5.93. The molecule has 0 aliphatic carbocycles. The SMILES string of the molecule is Cc1[nH]c2ccccc2c1C(=O)C[NH+]1CCC[C@@H](C(N)=O)C1. The Balaban J connectivity index is 1.79. The van der Waals surface area contributed by atoms with Gasteiger partial charge in [0.25, 0.3) is 0 Å². The molecular formula is C17H22N3O2+. The van der Waals surface area contributed by atoms with Crippen molar-refractivity contribution in [3.8, 4) is 0 Å². The first-order valence-corrected chi connectivity index (χ1v) is 7.79. The summed E-state index contributed by atoms with van der Waals surface area (Å²) in [4.78, 5) is 28.5. The Bertz CT molecular complexity index is 720. The van der Waals surface area contributed by atoms with E-state index in [1.807, 2.05) is 31.2 Å². The number of piperidine rings is 1. The van der Waals surface area contributed by atoms with Crippen molar-refractivity contribution in [2.24, 2.45) is 11.7 Å². The lowest BCUT2D eigenvalue weighted by Crippen LogP contribution is -3.14. The van der Waals surface area contributed by atoms with Gasteiger partial charge in [0, 0.05) is 16.6 Å². The number of para-hydroxylation sites is 1. The topological polar surface area (TPSA) is 80.4 Å². The van der Waals surface area contributed by atoms with E-state index in [1.54, 1.807) is 0 Å². The lowest BCUT2D eigenvalue weighted by Gasteiger charge is -2.27. The molecule has 2 heterocycles. The fraction of sp³-hybridized carbons (Fsp3) is 0.412. The third-order valence-electron chi connectivity index (χ3n) is 4.60. The number of nitrogens with two attached hydrogens (primary N) is 1. The van der Waals surface area contributed by atoms with Crippen LogP contribution in [0.5, 0.6) is 0 Å². The summed E-state index contributed by atoms with van der Waals surface area (Å²) in [5.74, 6) is -0.205. The molecule has 1 unspecified atom stereocenters. The molecule has 0 spiro atoms. The zero-order chi connectivity index (χ0) is 15.7. The van der Waals surface area contributed by atoms with Gasteiger partial charge in [-0.15, -0.1) is 0 Å². The highest BCUT2D eigenvalue weighted by Crippen LogP contribution is 2.21. The van der Waals surface area contributed by atoms with E-state index in [-0.39, 0.29) is 17.6 Å². The molecule has 0 bridgehead atoms. The zero-order valence-electron chi connectivity index (χ0n) is 12.8. The number of quaternary nitrogens is 1. The fourth-order valence-corrected chi connectivity index (χ4v) is 3.51. The molecule has 4 N–H and O–H groups in total. The number of hydrogen-bond acceptors (Lipinski definition) is 2. The van der Waals surface area contributed by atoms with E-state index in [4.69, 9.17) is 5.73 Å². The molecule has 1 saturated heterocycles. The molecule has 2 atom stereocenters. The van der Waals surface area contributed by atoms with Crippen LogP contribution in [0.4, 0.5) is 0 Å². The van der Waals surface area contributed by atoms with Crippen LogP contribution in [0.25, 0.3) is 10.9 Å². The number of rotatable bonds is 4. The lowest BCUT2D eigenvalue weighted by atomic mass is 9.96. The number of primary amides is 1. The van der Waals surface area contributed by atoms with Gasteiger partial charge in [0.15, 0.2) is 0 Å². The number of aromatic amines is 1. The van der Waals surface area contributed by atoms with Crippen LogP contribution in [0.3, 0.4) is 0 Å². The second-order valence-corrected chi connectivity index (χ2v) is 6.22. The number of carbonyl (C=O) groups is 2. The predicted octanol–water partition coefficient (Wildman–Crippen LogP) is 0.439. The minimum Gasteiger partial charge on any atom is -0.369 e. The highest BCUT2D eigenvalue weighted by molar-refractivity contribution is 6.09. The molecule has 1 fully saturated rings. The Morgan fingerprint density at radius 1 is 1.36 bits per heavy atom. The van der Waals surface area contributed by atoms with Gasteiger partial charge < -0.3 is 15.6 Å². The van der Waals surface area contributed by atoms with E-state index in [9.17, 15) is 9.59 Å². The summed E-state index contributed by atoms with van der Waals surface area (Å²) >= 11 is 0. The van der Waals surface area contributed by atoms with Crippen LogP contribution in [0.2, 0.25) is 0 Å². The fourth-order valence-electron chi connectivity index (χ4n) is 3.51. The van der Waals surface area contributed by atoms with Crippen LogP contribution in [0, 0.1) is 12.8 Å². The highest BCUT2D eigenvalue weighted by Gasteiger charge is 2.29. The molecule has 1 amide bonds. The van der Waals surface area contributed by atoms with Gasteiger partial charge in [0.2, 0.25) is 11.7 Å². The predicted molar refractivity (Wildman–Crippen MR) is 84.8 cm³/mol. The van der Waals surface area contributed by atoms with Gasteiger partial charge in [0.1, 0.15) is 6.54 Å². The summed E-state index contributed by atoms with van der Waals surface area (Å²) in [6, 6.07) is 7.86. The molecule has 116 valence electrons. The summed E-state index contributed by atoms with van der Waals surface area (Å²) in [5.41, 5.74) is 8.10. The number of ketones is 1. The molecule has 1 aromatic heterocycles. The average molecular weight is 300 g/mol. The van der Waals surface area contributed by atoms with E-state index < -0.39 is 0 Å². The molecule has 2 aromatic rings. The monoisotopic (exact) mass is 300 g/mol. The van der Waals surface area contributed by atoms with E-state index in [2.05, 4.69) is 4.98 Å². The maximum Gasteiger partial charge on any atom is 0.226 e. The van der Waals surface area contributed by atoms with Crippen LogP contribution in [-0.4, -0.2) is 36.3 Å². The number of aromatic nitrogens is 1. The maximum atomic E-state index is 12.7. The van der Waals surface area contributed by atoms with E-state index in [1.165, 1.54) is 0 Å². The summed E-state index contributed by atoms with van der Waals surface area (Å²) in [5, 5.41) is 0.980. The Labute approximate surface area is 129 Å². The number of hydrogen-bond donors (Lipinski definition) is 3. The first kappa shape index (κ1) is 14.8. The van der Waals surface area contributed by atoms with Crippen molar-refractivity contribution in [3.63, 3.8) is 0 Å². The minimum atomic E-state index is -0.243. The summed E-state index contributed by atoms with van der Waals surface area (Å²) in [6.07, 6.45) is 1.79.